The van der Waals surface area contributed by atoms with Crippen LogP contribution in [0.5, 0.6) is 0 Å². The van der Waals surface area contributed by atoms with E-state index >= 15 is 0 Å². The van der Waals surface area contributed by atoms with Gasteiger partial charge in [-0.05, 0) is 32.1 Å². The molecule has 1 N–H and O–H groups in total. The van der Waals surface area contributed by atoms with Crippen LogP contribution >= 0.6 is 0 Å². The van der Waals surface area contributed by atoms with Crippen LogP contribution in [0.2, 0.25) is 0 Å². The highest BCUT2D eigenvalue weighted by atomic mass is 16.6. The zero-order chi connectivity index (χ0) is 9.90. The third-order valence-electron chi connectivity index (χ3n) is 2.27. The molecule has 0 bridgehead atoms. The second-order valence-corrected chi connectivity index (χ2v) is 3.57. The van der Waals surface area contributed by atoms with Crippen molar-refractivity contribution < 1.29 is 4.84 Å². The first-order chi connectivity index (χ1) is 7.00. The van der Waals surface area contributed by atoms with Gasteiger partial charge >= 0.3 is 0 Å². The number of allylic oxidation sites excluding steroid dienone is 2. The van der Waals surface area contributed by atoms with E-state index in [4.69, 9.17) is 4.84 Å². The molecule has 1 aliphatic heterocycles. The van der Waals surface area contributed by atoms with Gasteiger partial charge in [0.25, 0.3) is 0 Å². The summed E-state index contributed by atoms with van der Waals surface area (Å²) < 4.78 is 0. The van der Waals surface area contributed by atoms with Gasteiger partial charge in [0.2, 0.25) is 0 Å². The van der Waals surface area contributed by atoms with Gasteiger partial charge < -0.3 is 0 Å². The van der Waals surface area contributed by atoms with Crippen LogP contribution in [0.15, 0.2) is 24.3 Å². The molecule has 0 radical (unpaired) electrons. The van der Waals surface area contributed by atoms with Crippen molar-refractivity contribution in [2.45, 2.75) is 38.5 Å². The number of hydroxylamine groups is 1. The number of hydrogen-bond acceptors (Lipinski definition) is 2. The Labute approximate surface area is 87.0 Å². The van der Waals surface area contributed by atoms with Crippen molar-refractivity contribution in [2.75, 3.05) is 13.2 Å². The summed E-state index contributed by atoms with van der Waals surface area (Å²) in [7, 11) is 0. The lowest BCUT2D eigenvalue weighted by molar-refractivity contribution is 0.0678. The molecule has 1 aliphatic carbocycles. The Morgan fingerprint density at radius 3 is 2.29 bits per heavy atom. The normalized spacial score (nSPS) is 21.7. The Hall–Kier alpha value is -0.600. The average Bonchev–Trinajstić information content (AvgIpc) is 2.68. The van der Waals surface area contributed by atoms with Gasteiger partial charge in [-0.2, -0.15) is 0 Å². The lowest BCUT2D eigenvalue weighted by Gasteiger charge is -1.94. The molecule has 0 amide bonds. The minimum atomic E-state index is 0.708. The monoisotopic (exact) mass is 195 g/mol. The predicted octanol–water partition coefficient (Wildman–Crippen LogP) is 2.97. The zero-order valence-corrected chi connectivity index (χ0v) is 8.87. The van der Waals surface area contributed by atoms with Crippen LogP contribution in [0.25, 0.3) is 0 Å². The molecular weight excluding hydrogens is 174 g/mol. The van der Waals surface area contributed by atoms with Crippen LogP contribution in [0.1, 0.15) is 38.5 Å². The van der Waals surface area contributed by atoms with Crippen molar-refractivity contribution >= 4 is 0 Å². The fourth-order valence-corrected chi connectivity index (χ4v) is 1.44. The van der Waals surface area contributed by atoms with Crippen molar-refractivity contribution in [1.82, 2.24) is 5.48 Å². The highest BCUT2D eigenvalue weighted by Gasteiger charge is 1.88. The summed E-state index contributed by atoms with van der Waals surface area (Å²) in [6.45, 7) is 1.65. The minimum absolute atomic E-state index is 0.708. The number of nitrogens with one attached hydrogen (secondary N) is 1. The van der Waals surface area contributed by atoms with Crippen molar-refractivity contribution in [2.24, 2.45) is 0 Å². The summed E-state index contributed by atoms with van der Waals surface area (Å²) in [6.07, 6.45) is 16.7. The summed E-state index contributed by atoms with van der Waals surface area (Å²) in [4.78, 5) is 4.86. The molecule has 0 unspecified atom stereocenters. The van der Waals surface area contributed by atoms with E-state index in [0.29, 0.717) is 6.61 Å². The first-order valence-corrected chi connectivity index (χ1v) is 5.65. The van der Waals surface area contributed by atoms with E-state index in [0.717, 1.165) is 13.0 Å². The lowest BCUT2D eigenvalue weighted by Crippen LogP contribution is -2.12. The van der Waals surface area contributed by atoms with E-state index in [9.17, 15) is 0 Å². The fourth-order valence-electron chi connectivity index (χ4n) is 1.44. The molecule has 0 aromatic heterocycles. The van der Waals surface area contributed by atoms with E-state index in [-0.39, 0.29) is 0 Å². The summed E-state index contributed by atoms with van der Waals surface area (Å²) >= 11 is 0. The standard InChI is InChI=1S/C7H12.C5H9NO/c2*1-2-4-6-7-5-3-1/h1-2H,3-7H2;1,3,6H,2,4-5H2. The Kier molecular flexibility index (Phi) is 7.36. The zero-order valence-electron chi connectivity index (χ0n) is 8.87. The third-order valence-corrected chi connectivity index (χ3v) is 2.27. The maximum Gasteiger partial charge on any atom is 0.0863 e. The molecule has 80 valence electrons. The van der Waals surface area contributed by atoms with Crippen molar-refractivity contribution in [3.05, 3.63) is 24.3 Å². The molecule has 2 aliphatic rings. The topological polar surface area (TPSA) is 21.3 Å². The Morgan fingerprint density at radius 1 is 0.786 bits per heavy atom. The largest absolute Gasteiger partial charge is 0.298 e. The van der Waals surface area contributed by atoms with Gasteiger partial charge in [-0.3, -0.25) is 4.84 Å². The third kappa shape index (κ3) is 6.87. The van der Waals surface area contributed by atoms with Crippen molar-refractivity contribution in [3.8, 4) is 0 Å². The van der Waals surface area contributed by atoms with Gasteiger partial charge in [0.15, 0.2) is 0 Å². The molecule has 2 nitrogen and oxygen atoms in total. The molecule has 2 heteroatoms. The first-order valence-electron chi connectivity index (χ1n) is 5.65. The Balaban J connectivity index is 0.000000140. The highest BCUT2D eigenvalue weighted by molar-refractivity contribution is 4.83. The molecule has 0 saturated carbocycles. The van der Waals surface area contributed by atoms with Crippen LogP contribution in [0.4, 0.5) is 0 Å². The first kappa shape index (κ1) is 11.5. The van der Waals surface area contributed by atoms with Gasteiger partial charge in [0.1, 0.15) is 0 Å². The van der Waals surface area contributed by atoms with E-state index in [1.807, 2.05) is 6.08 Å². The molecule has 0 aromatic rings. The van der Waals surface area contributed by atoms with Crippen LogP contribution in [-0.4, -0.2) is 13.2 Å². The maximum atomic E-state index is 4.86. The second kappa shape index (κ2) is 8.97. The predicted molar refractivity (Wildman–Crippen MR) is 59.9 cm³/mol. The summed E-state index contributed by atoms with van der Waals surface area (Å²) in [5.74, 6) is 0. The summed E-state index contributed by atoms with van der Waals surface area (Å²) in [6, 6.07) is 0. The molecular formula is C12H21NO. The molecule has 0 spiro atoms. The van der Waals surface area contributed by atoms with Gasteiger partial charge in [-0.1, -0.05) is 30.7 Å². The minimum Gasteiger partial charge on any atom is -0.298 e. The molecule has 0 atom stereocenters. The lowest BCUT2D eigenvalue weighted by atomic mass is 10.2. The summed E-state index contributed by atoms with van der Waals surface area (Å²) in [5.41, 5.74) is 2.78. The van der Waals surface area contributed by atoms with E-state index < -0.39 is 0 Å². The SMILES string of the molecule is C1=CCCCCC1.C1=CCONCC1. The second-order valence-electron chi connectivity index (χ2n) is 3.57. The average molecular weight is 195 g/mol. The number of hydrogen-bond donors (Lipinski definition) is 1. The van der Waals surface area contributed by atoms with Gasteiger partial charge in [-0.25, -0.2) is 5.48 Å². The van der Waals surface area contributed by atoms with E-state index in [2.05, 4.69) is 23.7 Å². The molecule has 1 heterocycles. The van der Waals surface area contributed by atoms with Crippen molar-refractivity contribution in [3.63, 3.8) is 0 Å². The van der Waals surface area contributed by atoms with Crippen LogP contribution in [0, 0.1) is 0 Å². The smallest absolute Gasteiger partial charge is 0.0863 e. The maximum absolute atomic E-state index is 4.86. The number of rotatable bonds is 0. The van der Waals surface area contributed by atoms with E-state index in [1.54, 1.807) is 0 Å². The molecule has 0 fully saturated rings. The van der Waals surface area contributed by atoms with Crippen molar-refractivity contribution in [1.29, 1.82) is 0 Å². The van der Waals surface area contributed by atoms with Crippen LogP contribution in [0.3, 0.4) is 0 Å². The summed E-state index contributed by atoms with van der Waals surface area (Å²) in [5, 5.41) is 0. The highest BCUT2D eigenvalue weighted by Crippen LogP contribution is 2.08. The van der Waals surface area contributed by atoms with Gasteiger partial charge in [0.05, 0.1) is 6.61 Å². The molecule has 14 heavy (non-hydrogen) atoms. The van der Waals surface area contributed by atoms with Crippen LogP contribution in [-0.2, 0) is 4.84 Å². The molecule has 0 aromatic carbocycles. The van der Waals surface area contributed by atoms with Crippen LogP contribution < -0.4 is 5.48 Å². The van der Waals surface area contributed by atoms with Gasteiger partial charge in [0, 0.05) is 6.54 Å². The fraction of sp³-hybridized carbons (Fsp3) is 0.667. The van der Waals surface area contributed by atoms with Gasteiger partial charge in [-0.15, -0.1) is 0 Å². The Bertz CT molecular complexity index is 139. The van der Waals surface area contributed by atoms with E-state index in [1.165, 1.54) is 32.1 Å². The quantitative estimate of drug-likeness (QED) is 0.600. The molecule has 2 rings (SSSR count). The Morgan fingerprint density at radius 2 is 1.50 bits per heavy atom. The molecule has 0 saturated heterocycles.